The van der Waals surface area contributed by atoms with E-state index >= 15 is 0 Å². The van der Waals surface area contributed by atoms with Gasteiger partial charge in [-0.1, -0.05) is 11.8 Å². The molecule has 1 atom stereocenters. The molecule has 1 aromatic rings. The summed E-state index contributed by atoms with van der Waals surface area (Å²) in [5, 5.41) is 8.83. The van der Waals surface area contributed by atoms with E-state index in [9.17, 15) is 14.0 Å². The van der Waals surface area contributed by atoms with E-state index in [1.807, 2.05) is 6.07 Å². The Morgan fingerprint density at radius 2 is 2.32 bits per heavy atom. The van der Waals surface area contributed by atoms with Gasteiger partial charge in [0.1, 0.15) is 11.9 Å². The third-order valence-corrected chi connectivity index (χ3v) is 3.77. The summed E-state index contributed by atoms with van der Waals surface area (Å²) in [7, 11) is 0. The summed E-state index contributed by atoms with van der Waals surface area (Å²) in [6.07, 6.45) is 0.256. The minimum Gasteiger partial charge on any atom is -0.310 e. The summed E-state index contributed by atoms with van der Waals surface area (Å²) in [6.45, 7) is 1.82. The second-order valence-corrected chi connectivity index (χ2v) is 5.69. The Balaban J connectivity index is 2.26. The molecule has 0 spiro atoms. The van der Waals surface area contributed by atoms with Gasteiger partial charge in [-0.3, -0.25) is 9.59 Å². The van der Waals surface area contributed by atoms with Crippen LogP contribution in [0.3, 0.4) is 0 Å². The first-order valence-electron chi connectivity index (χ1n) is 5.68. The first-order valence-corrected chi connectivity index (χ1v) is 6.56. The van der Waals surface area contributed by atoms with Crippen molar-refractivity contribution < 1.29 is 14.0 Å². The quantitative estimate of drug-likeness (QED) is 0.831. The van der Waals surface area contributed by atoms with Gasteiger partial charge in [0.05, 0.1) is 11.3 Å². The Morgan fingerprint density at radius 1 is 1.58 bits per heavy atom. The predicted octanol–water partition coefficient (Wildman–Crippen LogP) is 2.08. The van der Waals surface area contributed by atoms with Gasteiger partial charge >= 0.3 is 0 Å². The molecule has 0 radical (unpaired) electrons. The molecule has 0 aliphatic carbocycles. The molecule has 4 nitrogen and oxygen atoms in total. The number of halogens is 1. The third-order valence-electron chi connectivity index (χ3n) is 2.79. The number of hydrogen-bond acceptors (Lipinski definition) is 4. The summed E-state index contributed by atoms with van der Waals surface area (Å²) in [5.74, 6) is -0.663. The van der Waals surface area contributed by atoms with E-state index in [1.165, 1.54) is 24.0 Å². The van der Waals surface area contributed by atoms with E-state index in [4.69, 9.17) is 5.26 Å². The van der Waals surface area contributed by atoms with Crippen molar-refractivity contribution in [3.05, 3.63) is 29.6 Å². The van der Waals surface area contributed by atoms with Crippen LogP contribution in [0.4, 0.5) is 10.1 Å². The fourth-order valence-corrected chi connectivity index (χ4v) is 2.97. The second-order valence-electron chi connectivity index (χ2n) is 4.21. The lowest BCUT2D eigenvalue weighted by Crippen LogP contribution is -2.25. The number of amides is 1. The molecule has 0 aromatic heterocycles. The molecule has 1 amide bonds. The predicted molar refractivity (Wildman–Crippen MR) is 70.1 cm³/mol. The van der Waals surface area contributed by atoms with Crippen LogP contribution in [0.25, 0.3) is 0 Å². The molecule has 1 fully saturated rings. The van der Waals surface area contributed by atoms with Crippen LogP contribution in [0, 0.1) is 17.1 Å². The van der Waals surface area contributed by atoms with E-state index in [0.717, 1.165) is 17.8 Å². The average molecular weight is 278 g/mol. The highest BCUT2D eigenvalue weighted by molar-refractivity contribution is 8.14. The van der Waals surface area contributed by atoms with Crippen molar-refractivity contribution in [3.8, 4) is 6.07 Å². The first kappa shape index (κ1) is 13.6. The SMILES string of the molecule is CC(=O)SC1CC(=O)N(c2ccc(F)cc2C#N)C1. The second kappa shape index (κ2) is 5.41. The number of rotatable bonds is 2. The Labute approximate surface area is 114 Å². The number of thioether (sulfide) groups is 1. The molecule has 19 heavy (non-hydrogen) atoms. The van der Waals surface area contributed by atoms with Gasteiger partial charge in [-0.2, -0.15) is 5.26 Å². The fourth-order valence-electron chi connectivity index (χ4n) is 2.05. The molecule has 1 aromatic carbocycles. The molecule has 1 aliphatic rings. The van der Waals surface area contributed by atoms with Crippen molar-refractivity contribution in [1.82, 2.24) is 0 Å². The lowest BCUT2D eigenvalue weighted by Gasteiger charge is -2.17. The van der Waals surface area contributed by atoms with E-state index in [-0.39, 0.29) is 28.3 Å². The molecule has 1 aliphatic heterocycles. The number of nitriles is 1. The summed E-state index contributed by atoms with van der Waals surface area (Å²) in [5.41, 5.74) is 0.530. The molecular weight excluding hydrogens is 267 g/mol. The van der Waals surface area contributed by atoms with E-state index in [0.29, 0.717) is 12.2 Å². The highest BCUT2D eigenvalue weighted by Gasteiger charge is 2.33. The van der Waals surface area contributed by atoms with Gasteiger partial charge in [0, 0.05) is 25.1 Å². The van der Waals surface area contributed by atoms with E-state index in [1.54, 1.807) is 0 Å². The molecule has 0 saturated carbocycles. The first-order chi connectivity index (χ1) is 9.01. The molecule has 2 rings (SSSR count). The summed E-state index contributed by atoms with van der Waals surface area (Å²) < 4.78 is 13.1. The van der Waals surface area contributed by atoms with Gasteiger partial charge < -0.3 is 4.90 Å². The molecule has 1 heterocycles. The zero-order valence-corrected chi connectivity index (χ0v) is 11.0. The van der Waals surface area contributed by atoms with Gasteiger partial charge in [0.15, 0.2) is 5.12 Å². The molecule has 98 valence electrons. The van der Waals surface area contributed by atoms with Gasteiger partial charge in [0.25, 0.3) is 0 Å². The minimum atomic E-state index is -0.512. The van der Waals surface area contributed by atoms with Crippen LogP contribution in [0.2, 0.25) is 0 Å². The molecule has 1 unspecified atom stereocenters. The highest BCUT2D eigenvalue weighted by Crippen LogP contribution is 2.30. The molecule has 0 N–H and O–H groups in total. The monoisotopic (exact) mass is 278 g/mol. The smallest absolute Gasteiger partial charge is 0.228 e. The number of carbonyl (C=O) groups is 2. The highest BCUT2D eigenvalue weighted by atomic mass is 32.2. The topological polar surface area (TPSA) is 61.2 Å². The normalized spacial score (nSPS) is 18.5. The van der Waals surface area contributed by atoms with Crippen LogP contribution in [0.1, 0.15) is 18.9 Å². The lowest BCUT2D eigenvalue weighted by molar-refractivity contribution is -0.117. The molecule has 0 bridgehead atoms. The van der Waals surface area contributed by atoms with E-state index < -0.39 is 5.82 Å². The molecule has 6 heteroatoms. The summed E-state index contributed by atoms with van der Waals surface area (Å²) >= 11 is 1.12. The van der Waals surface area contributed by atoms with Gasteiger partial charge in [0.2, 0.25) is 5.91 Å². The van der Waals surface area contributed by atoms with Crippen LogP contribution in [-0.2, 0) is 9.59 Å². The Morgan fingerprint density at radius 3 is 2.95 bits per heavy atom. The van der Waals surface area contributed by atoms with E-state index in [2.05, 4.69) is 0 Å². The van der Waals surface area contributed by atoms with Crippen molar-refractivity contribution in [2.45, 2.75) is 18.6 Å². The Bertz CT molecular complexity index is 582. The standard InChI is InChI=1S/C13H11FN2O2S/c1-8(17)19-11-5-13(18)16(7-11)12-3-2-10(14)4-9(12)6-15/h2-4,11H,5,7H2,1H3. The number of benzene rings is 1. The van der Waals surface area contributed by atoms with Crippen LogP contribution >= 0.6 is 11.8 Å². The largest absolute Gasteiger partial charge is 0.310 e. The van der Waals surface area contributed by atoms with Gasteiger partial charge in [-0.15, -0.1) is 0 Å². The Hall–Kier alpha value is -1.87. The van der Waals surface area contributed by atoms with Crippen molar-refractivity contribution >= 4 is 28.5 Å². The van der Waals surface area contributed by atoms with Crippen molar-refractivity contribution in [3.63, 3.8) is 0 Å². The minimum absolute atomic E-state index is 0.0423. The third kappa shape index (κ3) is 2.93. The zero-order chi connectivity index (χ0) is 14.0. The Kier molecular flexibility index (Phi) is 3.86. The van der Waals surface area contributed by atoms with Crippen molar-refractivity contribution in [2.75, 3.05) is 11.4 Å². The lowest BCUT2D eigenvalue weighted by atomic mass is 10.1. The van der Waals surface area contributed by atoms with Crippen LogP contribution in [-0.4, -0.2) is 22.8 Å². The fraction of sp³-hybridized carbons (Fsp3) is 0.308. The number of nitrogens with zero attached hydrogens (tertiary/aromatic N) is 2. The number of hydrogen-bond donors (Lipinski definition) is 0. The average Bonchev–Trinajstić information content (AvgIpc) is 2.69. The maximum absolute atomic E-state index is 13.1. The molecular formula is C13H11FN2O2S. The van der Waals surface area contributed by atoms with Gasteiger partial charge in [-0.25, -0.2) is 4.39 Å². The van der Waals surface area contributed by atoms with Gasteiger partial charge in [-0.05, 0) is 18.2 Å². The summed E-state index contributed by atoms with van der Waals surface area (Å²) in [4.78, 5) is 24.4. The zero-order valence-electron chi connectivity index (χ0n) is 10.2. The number of carbonyl (C=O) groups excluding carboxylic acids is 2. The maximum Gasteiger partial charge on any atom is 0.228 e. The van der Waals surface area contributed by atoms with Crippen LogP contribution in [0.5, 0.6) is 0 Å². The van der Waals surface area contributed by atoms with Crippen LogP contribution in [0.15, 0.2) is 18.2 Å². The van der Waals surface area contributed by atoms with Crippen LogP contribution < -0.4 is 4.90 Å². The van der Waals surface area contributed by atoms with Crippen molar-refractivity contribution in [1.29, 1.82) is 5.26 Å². The maximum atomic E-state index is 13.1. The number of anilines is 1. The molecule has 1 saturated heterocycles. The van der Waals surface area contributed by atoms with Crippen molar-refractivity contribution in [2.24, 2.45) is 0 Å². The summed E-state index contributed by atoms with van der Waals surface area (Å²) in [6, 6.07) is 5.63.